The Morgan fingerprint density at radius 1 is 1.53 bits per heavy atom. The molecule has 1 heterocycles. The fourth-order valence-electron chi connectivity index (χ4n) is 1.82. The number of halogens is 1. The third-order valence-corrected chi connectivity index (χ3v) is 2.81. The number of nitrogens with one attached hydrogen (secondary N) is 1. The molecular formula is C13H15FN4O. The molecule has 0 aliphatic carbocycles. The maximum absolute atomic E-state index is 13.1. The molecule has 0 spiro atoms. The monoisotopic (exact) mass is 262 g/mol. The molecule has 2 rings (SSSR count). The van der Waals surface area contributed by atoms with Gasteiger partial charge in [0.2, 0.25) is 0 Å². The standard InChI is InChI=1S/C13H15FN4O/c1-8-9(7-18(2)17-8)6-16-13(19)11-5-10(14)3-4-12(11)15/h3-5,7H,6,15H2,1-2H3,(H,16,19). The predicted molar refractivity (Wildman–Crippen MR) is 69.9 cm³/mol. The van der Waals surface area contributed by atoms with E-state index < -0.39 is 11.7 Å². The minimum absolute atomic E-state index is 0.140. The van der Waals surface area contributed by atoms with Gasteiger partial charge in [0.25, 0.3) is 5.91 Å². The van der Waals surface area contributed by atoms with Crippen LogP contribution in [-0.4, -0.2) is 15.7 Å². The van der Waals surface area contributed by atoms with Crippen molar-refractivity contribution in [1.29, 1.82) is 0 Å². The summed E-state index contributed by atoms with van der Waals surface area (Å²) >= 11 is 0. The lowest BCUT2D eigenvalue weighted by Gasteiger charge is -2.07. The highest BCUT2D eigenvalue weighted by atomic mass is 19.1. The van der Waals surface area contributed by atoms with Crippen LogP contribution in [-0.2, 0) is 13.6 Å². The number of aryl methyl sites for hydroxylation is 2. The number of rotatable bonds is 3. The third kappa shape index (κ3) is 2.90. The summed E-state index contributed by atoms with van der Waals surface area (Å²) in [5, 5.41) is 6.87. The molecule has 0 bridgehead atoms. The number of benzene rings is 1. The first kappa shape index (κ1) is 13.1. The summed E-state index contributed by atoms with van der Waals surface area (Å²) in [6.07, 6.45) is 1.82. The predicted octanol–water partition coefficient (Wildman–Crippen LogP) is 1.38. The van der Waals surface area contributed by atoms with Crippen molar-refractivity contribution in [3.8, 4) is 0 Å². The zero-order chi connectivity index (χ0) is 14.0. The van der Waals surface area contributed by atoms with Crippen molar-refractivity contribution in [1.82, 2.24) is 15.1 Å². The number of nitrogen functional groups attached to an aromatic ring is 1. The Labute approximate surface area is 110 Å². The number of carbonyl (C=O) groups is 1. The van der Waals surface area contributed by atoms with Crippen LogP contribution in [0.2, 0.25) is 0 Å². The van der Waals surface area contributed by atoms with E-state index in [2.05, 4.69) is 10.4 Å². The van der Waals surface area contributed by atoms with Gasteiger partial charge in [0.15, 0.2) is 0 Å². The first-order valence-corrected chi connectivity index (χ1v) is 5.79. The normalized spacial score (nSPS) is 10.5. The number of hydrogen-bond acceptors (Lipinski definition) is 3. The summed E-state index contributed by atoms with van der Waals surface area (Å²) in [6.45, 7) is 2.19. The van der Waals surface area contributed by atoms with Gasteiger partial charge in [-0.1, -0.05) is 0 Å². The van der Waals surface area contributed by atoms with Gasteiger partial charge in [0.05, 0.1) is 11.3 Å². The molecule has 0 radical (unpaired) electrons. The minimum Gasteiger partial charge on any atom is -0.398 e. The van der Waals surface area contributed by atoms with E-state index in [0.717, 1.165) is 17.3 Å². The Bertz CT molecular complexity index is 621. The van der Waals surface area contributed by atoms with E-state index in [1.165, 1.54) is 12.1 Å². The second-order valence-electron chi connectivity index (χ2n) is 4.33. The Morgan fingerprint density at radius 2 is 2.26 bits per heavy atom. The minimum atomic E-state index is -0.489. The van der Waals surface area contributed by atoms with Gasteiger partial charge < -0.3 is 11.1 Å². The number of carbonyl (C=O) groups excluding carboxylic acids is 1. The summed E-state index contributed by atoms with van der Waals surface area (Å²) in [5.41, 5.74) is 7.79. The number of hydrogen-bond donors (Lipinski definition) is 2. The van der Waals surface area contributed by atoms with Crippen LogP contribution in [0.4, 0.5) is 10.1 Å². The van der Waals surface area contributed by atoms with Gasteiger partial charge in [-0.2, -0.15) is 5.10 Å². The average molecular weight is 262 g/mol. The second kappa shape index (κ2) is 5.09. The summed E-state index contributed by atoms with van der Waals surface area (Å²) in [5.74, 6) is -0.892. The highest BCUT2D eigenvalue weighted by molar-refractivity contribution is 5.99. The third-order valence-electron chi connectivity index (χ3n) is 2.81. The molecule has 5 nitrogen and oxygen atoms in total. The van der Waals surface area contributed by atoms with E-state index >= 15 is 0 Å². The van der Waals surface area contributed by atoms with Crippen LogP contribution in [0.5, 0.6) is 0 Å². The van der Waals surface area contributed by atoms with E-state index in [-0.39, 0.29) is 11.3 Å². The Kier molecular flexibility index (Phi) is 3.50. The molecule has 0 unspecified atom stereocenters. The molecule has 0 aliphatic rings. The summed E-state index contributed by atoms with van der Waals surface area (Å²) < 4.78 is 14.8. The first-order chi connectivity index (χ1) is 8.97. The number of nitrogens with two attached hydrogens (primary N) is 1. The maximum atomic E-state index is 13.1. The van der Waals surface area contributed by atoms with Crippen LogP contribution in [0.15, 0.2) is 24.4 Å². The van der Waals surface area contributed by atoms with E-state index in [1.54, 1.807) is 4.68 Å². The van der Waals surface area contributed by atoms with Crippen LogP contribution >= 0.6 is 0 Å². The topological polar surface area (TPSA) is 72.9 Å². The van der Waals surface area contributed by atoms with Crippen molar-refractivity contribution < 1.29 is 9.18 Å². The molecule has 0 fully saturated rings. The first-order valence-electron chi connectivity index (χ1n) is 5.79. The zero-order valence-corrected chi connectivity index (χ0v) is 10.8. The summed E-state index contributed by atoms with van der Waals surface area (Å²) in [4.78, 5) is 11.9. The lowest BCUT2D eigenvalue weighted by atomic mass is 10.1. The van der Waals surface area contributed by atoms with Crippen LogP contribution in [0.1, 0.15) is 21.6 Å². The molecular weight excluding hydrogens is 247 g/mol. The number of nitrogens with zero attached hydrogens (tertiary/aromatic N) is 2. The lowest BCUT2D eigenvalue weighted by molar-refractivity contribution is 0.0951. The Hall–Kier alpha value is -2.37. The highest BCUT2D eigenvalue weighted by Crippen LogP contribution is 2.13. The van der Waals surface area contributed by atoms with Crippen molar-refractivity contribution in [2.45, 2.75) is 13.5 Å². The molecule has 0 saturated heterocycles. The number of anilines is 1. The highest BCUT2D eigenvalue weighted by Gasteiger charge is 2.11. The van der Waals surface area contributed by atoms with E-state index in [4.69, 9.17) is 5.73 Å². The molecule has 0 atom stereocenters. The Balaban J connectivity index is 2.09. The molecule has 0 aliphatic heterocycles. The van der Waals surface area contributed by atoms with Gasteiger partial charge in [-0.15, -0.1) is 0 Å². The van der Waals surface area contributed by atoms with Gasteiger partial charge in [-0.05, 0) is 25.1 Å². The van der Waals surface area contributed by atoms with Crippen molar-refractivity contribution >= 4 is 11.6 Å². The van der Waals surface area contributed by atoms with Crippen molar-refractivity contribution in [2.75, 3.05) is 5.73 Å². The zero-order valence-electron chi connectivity index (χ0n) is 10.8. The molecule has 19 heavy (non-hydrogen) atoms. The van der Waals surface area contributed by atoms with Crippen LogP contribution in [0, 0.1) is 12.7 Å². The van der Waals surface area contributed by atoms with Crippen molar-refractivity contribution in [2.24, 2.45) is 7.05 Å². The van der Waals surface area contributed by atoms with Crippen LogP contribution in [0.25, 0.3) is 0 Å². The lowest BCUT2D eigenvalue weighted by Crippen LogP contribution is -2.24. The molecule has 3 N–H and O–H groups in total. The number of aromatic nitrogens is 2. The summed E-state index contributed by atoms with van der Waals surface area (Å²) in [6, 6.07) is 3.72. The van der Waals surface area contributed by atoms with E-state index in [9.17, 15) is 9.18 Å². The molecule has 100 valence electrons. The summed E-state index contributed by atoms with van der Waals surface area (Å²) in [7, 11) is 1.81. The SMILES string of the molecule is Cc1nn(C)cc1CNC(=O)c1cc(F)ccc1N. The quantitative estimate of drug-likeness (QED) is 0.821. The van der Waals surface area contributed by atoms with Crippen molar-refractivity contribution in [3.63, 3.8) is 0 Å². The Morgan fingerprint density at radius 3 is 2.89 bits per heavy atom. The smallest absolute Gasteiger partial charge is 0.253 e. The average Bonchev–Trinajstić information content (AvgIpc) is 2.68. The van der Waals surface area contributed by atoms with Gasteiger partial charge >= 0.3 is 0 Å². The largest absolute Gasteiger partial charge is 0.398 e. The van der Waals surface area contributed by atoms with Crippen molar-refractivity contribution in [3.05, 3.63) is 47.0 Å². The molecule has 1 amide bonds. The van der Waals surface area contributed by atoms with Gasteiger partial charge in [-0.25, -0.2) is 4.39 Å². The molecule has 1 aromatic heterocycles. The van der Waals surface area contributed by atoms with Crippen LogP contribution < -0.4 is 11.1 Å². The maximum Gasteiger partial charge on any atom is 0.253 e. The van der Waals surface area contributed by atoms with Gasteiger partial charge in [0, 0.05) is 31.0 Å². The van der Waals surface area contributed by atoms with Gasteiger partial charge in [0.1, 0.15) is 5.82 Å². The van der Waals surface area contributed by atoms with E-state index in [1.807, 2.05) is 20.2 Å². The molecule has 0 saturated carbocycles. The second-order valence-corrected chi connectivity index (χ2v) is 4.33. The fourth-order valence-corrected chi connectivity index (χ4v) is 1.82. The van der Waals surface area contributed by atoms with E-state index in [0.29, 0.717) is 6.54 Å². The van der Waals surface area contributed by atoms with Gasteiger partial charge in [-0.3, -0.25) is 9.48 Å². The fraction of sp³-hybridized carbons (Fsp3) is 0.231. The molecule has 1 aromatic carbocycles. The molecule has 2 aromatic rings. The molecule has 6 heteroatoms. The van der Waals surface area contributed by atoms with Crippen LogP contribution in [0.3, 0.4) is 0 Å². The number of amides is 1.